The smallest absolute Gasteiger partial charge is 0.282 e. The van der Waals surface area contributed by atoms with E-state index >= 15 is 0 Å². The first-order chi connectivity index (χ1) is 18.6. The van der Waals surface area contributed by atoms with Gasteiger partial charge in [0.05, 0.1) is 48.7 Å². The fraction of sp³-hybridized carbons (Fsp3) is 0.577. The molecule has 0 saturated carbocycles. The van der Waals surface area contributed by atoms with Crippen LogP contribution in [0.3, 0.4) is 0 Å². The summed E-state index contributed by atoms with van der Waals surface area (Å²) in [5, 5.41) is 4.79. The lowest BCUT2D eigenvalue weighted by molar-refractivity contribution is -0.166. The topological polar surface area (TPSA) is 105 Å². The Kier molecular flexibility index (Phi) is 6.71. The number of benzene rings is 1. The summed E-state index contributed by atoms with van der Waals surface area (Å²) in [6.07, 6.45) is 1.75. The molecule has 2 aromatic rings. The number of ether oxygens (including phenoxy) is 1. The number of halogens is 2. The Labute approximate surface area is 225 Å². The lowest BCUT2D eigenvalue weighted by Gasteiger charge is -2.39. The van der Waals surface area contributed by atoms with Gasteiger partial charge in [0.15, 0.2) is 15.5 Å². The Bertz CT molecular complexity index is 1400. The molecule has 1 aromatic heterocycles. The molecular formula is C26H31F2N5O5S. The van der Waals surface area contributed by atoms with Crippen molar-refractivity contribution >= 4 is 21.7 Å². The fourth-order valence-electron chi connectivity index (χ4n) is 5.98. The number of aromatic nitrogens is 2. The number of rotatable bonds is 5. The van der Waals surface area contributed by atoms with Gasteiger partial charge in [-0.2, -0.15) is 5.10 Å². The van der Waals surface area contributed by atoms with Crippen molar-refractivity contribution in [2.45, 2.75) is 41.9 Å². The van der Waals surface area contributed by atoms with Crippen molar-refractivity contribution in [1.82, 2.24) is 24.5 Å². The second kappa shape index (κ2) is 9.93. The number of piperidine rings is 1. The van der Waals surface area contributed by atoms with Crippen LogP contribution < -0.4 is 0 Å². The largest absolute Gasteiger partial charge is 0.378 e. The molecule has 0 spiro atoms. The van der Waals surface area contributed by atoms with E-state index < -0.39 is 28.8 Å². The van der Waals surface area contributed by atoms with Crippen molar-refractivity contribution in [2.75, 3.05) is 59.0 Å². The van der Waals surface area contributed by atoms with Gasteiger partial charge < -0.3 is 19.4 Å². The Morgan fingerprint density at radius 2 is 1.82 bits per heavy atom. The summed E-state index contributed by atoms with van der Waals surface area (Å²) in [6.45, 7) is 2.38. The number of amides is 2. The molecule has 0 unspecified atom stereocenters. The minimum atomic E-state index is -3.66. The van der Waals surface area contributed by atoms with E-state index in [4.69, 9.17) is 9.84 Å². The van der Waals surface area contributed by atoms with Crippen molar-refractivity contribution in [2.24, 2.45) is 0 Å². The second-order valence-corrected chi connectivity index (χ2v) is 12.7. The third-order valence-corrected chi connectivity index (χ3v) is 9.68. The molecule has 0 radical (unpaired) electrons. The van der Waals surface area contributed by atoms with E-state index in [0.717, 1.165) is 19.4 Å². The van der Waals surface area contributed by atoms with Gasteiger partial charge >= 0.3 is 0 Å². The minimum absolute atomic E-state index is 0.143. The van der Waals surface area contributed by atoms with E-state index in [0.29, 0.717) is 56.2 Å². The van der Waals surface area contributed by atoms with Crippen molar-refractivity contribution < 1.29 is 31.5 Å². The number of hydrogen-bond acceptors (Lipinski definition) is 7. The van der Waals surface area contributed by atoms with Crippen LogP contribution in [0.1, 0.15) is 41.4 Å². The highest BCUT2D eigenvalue weighted by Crippen LogP contribution is 2.42. The Hall–Kier alpha value is -2.90. The molecule has 6 rings (SSSR count). The number of nitrogens with zero attached hydrogens (tertiary/aromatic N) is 5. The molecular weight excluding hydrogens is 532 g/mol. The maximum Gasteiger partial charge on any atom is 0.282 e. The standard InChI is InChI=1S/C26H31F2N5O5S/c27-26(28)16-32(17-26)22(34)7-9-30-8-3-4-18(14-30)33-24-19-5-1-2-6-21(19)39(36,37)15-20(24)23(29-33)25(35)31-10-12-38-13-11-31/h1-2,5-6,18H,3-4,7-17H2/t18-/m0/s1. The maximum atomic E-state index is 13.6. The molecule has 3 saturated heterocycles. The predicted molar refractivity (Wildman–Crippen MR) is 136 cm³/mol. The van der Waals surface area contributed by atoms with Crippen LogP contribution in [0.2, 0.25) is 0 Å². The predicted octanol–water partition coefficient (Wildman–Crippen LogP) is 1.81. The fourth-order valence-corrected chi connectivity index (χ4v) is 7.57. The molecule has 0 N–H and O–H groups in total. The highest BCUT2D eigenvalue weighted by molar-refractivity contribution is 7.90. The summed E-state index contributed by atoms with van der Waals surface area (Å²) in [5.74, 6) is -3.66. The van der Waals surface area contributed by atoms with Crippen LogP contribution in [-0.2, 0) is 25.1 Å². The first kappa shape index (κ1) is 26.3. The monoisotopic (exact) mass is 563 g/mol. The third kappa shape index (κ3) is 4.95. The van der Waals surface area contributed by atoms with E-state index in [9.17, 15) is 26.8 Å². The van der Waals surface area contributed by atoms with Crippen LogP contribution in [0.4, 0.5) is 8.78 Å². The molecule has 1 atom stereocenters. The van der Waals surface area contributed by atoms with Gasteiger partial charge in [-0.1, -0.05) is 18.2 Å². The van der Waals surface area contributed by atoms with Crippen molar-refractivity contribution in [1.29, 1.82) is 0 Å². The van der Waals surface area contributed by atoms with Crippen LogP contribution in [0.5, 0.6) is 0 Å². The summed E-state index contributed by atoms with van der Waals surface area (Å²) in [6, 6.07) is 6.68. The van der Waals surface area contributed by atoms with Gasteiger partial charge in [-0.15, -0.1) is 0 Å². The molecule has 5 heterocycles. The summed E-state index contributed by atoms with van der Waals surface area (Å²) >= 11 is 0. The second-order valence-electron chi connectivity index (χ2n) is 10.7. The Morgan fingerprint density at radius 3 is 2.56 bits per heavy atom. The lowest BCUT2D eigenvalue weighted by Crippen LogP contribution is -2.58. The number of morpholine rings is 1. The Balaban J connectivity index is 1.29. The van der Waals surface area contributed by atoms with Gasteiger partial charge in [0.1, 0.15) is 0 Å². The highest BCUT2D eigenvalue weighted by Gasteiger charge is 2.46. The maximum absolute atomic E-state index is 13.6. The van der Waals surface area contributed by atoms with Crippen LogP contribution in [-0.4, -0.2) is 110 Å². The number of alkyl halides is 2. The van der Waals surface area contributed by atoms with E-state index in [-0.39, 0.29) is 40.6 Å². The molecule has 39 heavy (non-hydrogen) atoms. The van der Waals surface area contributed by atoms with E-state index in [1.807, 2.05) is 4.68 Å². The summed E-state index contributed by atoms with van der Waals surface area (Å²) in [5.41, 5.74) is 1.79. The molecule has 3 fully saturated rings. The van der Waals surface area contributed by atoms with Gasteiger partial charge in [-0.25, -0.2) is 17.2 Å². The van der Waals surface area contributed by atoms with Gasteiger partial charge in [-0.3, -0.25) is 14.3 Å². The van der Waals surface area contributed by atoms with E-state index in [1.54, 1.807) is 29.2 Å². The number of fused-ring (bicyclic) bond motifs is 3. The summed E-state index contributed by atoms with van der Waals surface area (Å²) in [7, 11) is -3.66. The van der Waals surface area contributed by atoms with E-state index in [1.165, 1.54) is 4.90 Å². The zero-order valence-electron chi connectivity index (χ0n) is 21.5. The molecule has 210 valence electrons. The van der Waals surface area contributed by atoms with Crippen LogP contribution in [0.15, 0.2) is 29.2 Å². The molecule has 4 aliphatic heterocycles. The first-order valence-electron chi connectivity index (χ1n) is 13.3. The molecule has 1 aromatic carbocycles. The van der Waals surface area contributed by atoms with Gasteiger partial charge in [0.2, 0.25) is 5.91 Å². The lowest BCUT2D eigenvalue weighted by atomic mass is 10.0. The first-order valence-corrected chi connectivity index (χ1v) is 15.0. The number of carbonyl (C=O) groups is 2. The minimum Gasteiger partial charge on any atom is -0.378 e. The number of carbonyl (C=O) groups excluding carboxylic acids is 2. The SMILES string of the molecule is O=C(CCN1CCC[C@H](n2nc(C(=O)N3CCOCC3)c3c2-c2ccccc2S(=O)(=O)C3)C1)N1CC(F)(F)C1. The van der Waals surface area contributed by atoms with E-state index in [2.05, 4.69) is 4.90 Å². The number of sulfone groups is 1. The van der Waals surface area contributed by atoms with Gasteiger partial charge in [0, 0.05) is 43.7 Å². The quantitative estimate of drug-likeness (QED) is 0.547. The van der Waals surface area contributed by atoms with Crippen LogP contribution in [0, 0.1) is 0 Å². The van der Waals surface area contributed by atoms with Crippen molar-refractivity contribution in [3.63, 3.8) is 0 Å². The van der Waals surface area contributed by atoms with Gasteiger partial charge in [0.25, 0.3) is 11.8 Å². The van der Waals surface area contributed by atoms with Crippen LogP contribution in [0.25, 0.3) is 11.3 Å². The summed E-state index contributed by atoms with van der Waals surface area (Å²) < 4.78 is 60.0. The molecule has 0 bridgehead atoms. The molecule has 10 nitrogen and oxygen atoms in total. The zero-order chi connectivity index (χ0) is 27.4. The average molecular weight is 564 g/mol. The number of hydrogen-bond donors (Lipinski definition) is 0. The van der Waals surface area contributed by atoms with Gasteiger partial charge in [-0.05, 0) is 25.5 Å². The number of likely N-dealkylation sites (tertiary alicyclic amines) is 2. The molecule has 2 amide bonds. The third-order valence-electron chi connectivity index (χ3n) is 7.99. The Morgan fingerprint density at radius 1 is 1.08 bits per heavy atom. The van der Waals surface area contributed by atoms with Crippen molar-refractivity contribution in [3.8, 4) is 11.3 Å². The molecule has 13 heteroatoms. The average Bonchev–Trinajstić information content (AvgIpc) is 3.29. The van der Waals surface area contributed by atoms with Crippen LogP contribution >= 0.6 is 0 Å². The molecule has 4 aliphatic rings. The zero-order valence-corrected chi connectivity index (χ0v) is 22.3. The summed E-state index contributed by atoms with van der Waals surface area (Å²) in [4.78, 5) is 31.1. The highest BCUT2D eigenvalue weighted by atomic mass is 32.2. The van der Waals surface area contributed by atoms with Crippen molar-refractivity contribution in [3.05, 3.63) is 35.5 Å². The normalized spacial score (nSPS) is 24.0. The molecule has 0 aliphatic carbocycles.